The van der Waals surface area contributed by atoms with Crippen molar-refractivity contribution in [2.75, 3.05) is 13.1 Å². The Kier molecular flexibility index (Phi) is 5.16. The largest absolute Gasteiger partial charge is 0.444 e. The Balaban J connectivity index is 1.82. The highest BCUT2D eigenvalue weighted by atomic mass is 127. The van der Waals surface area contributed by atoms with Crippen molar-refractivity contribution in [3.05, 3.63) is 15.7 Å². The number of imidazole rings is 1. The maximum absolute atomic E-state index is 12.0. The van der Waals surface area contributed by atoms with Crippen molar-refractivity contribution >= 4 is 28.7 Å². The second-order valence-electron chi connectivity index (χ2n) is 6.73. The van der Waals surface area contributed by atoms with Crippen LogP contribution in [0, 0.1) is 9.75 Å². The van der Waals surface area contributed by atoms with Crippen molar-refractivity contribution in [3.8, 4) is 0 Å². The van der Waals surface area contributed by atoms with E-state index in [-0.39, 0.29) is 6.09 Å². The number of piperidine rings is 1. The molecule has 1 aliphatic rings. The smallest absolute Gasteiger partial charge is 0.410 e. The minimum Gasteiger partial charge on any atom is -0.444 e. The molecule has 1 aromatic heterocycles. The Hall–Kier alpha value is -0.790. The molecule has 1 saturated heterocycles. The summed E-state index contributed by atoms with van der Waals surface area (Å²) < 4.78 is 8.49. The number of ether oxygens (including phenoxy) is 1. The van der Waals surface area contributed by atoms with Gasteiger partial charge in [-0.3, -0.25) is 0 Å². The molecule has 0 radical (unpaired) electrons. The van der Waals surface area contributed by atoms with Gasteiger partial charge in [0.2, 0.25) is 0 Å². The first-order valence-corrected chi connectivity index (χ1v) is 8.48. The highest BCUT2D eigenvalue weighted by Crippen LogP contribution is 2.23. The third-order valence-electron chi connectivity index (χ3n) is 3.63. The molecule has 0 spiro atoms. The van der Waals surface area contributed by atoms with Gasteiger partial charge in [0.25, 0.3) is 0 Å². The molecule has 1 fully saturated rings. The van der Waals surface area contributed by atoms with Crippen LogP contribution in [0.15, 0.2) is 6.20 Å². The molecular formula is C15H24IN3O2. The maximum atomic E-state index is 12.0. The Labute approximate surface area is 140 Å². The summed E-state index contributed by atoms with van der Waals surface area (Å²) >= 11 is 2.25. The molecule has 2 heterocycles. The number of hydrogen-bond donors (Lipinski definition) is 0. The van der Waals surface area contributed by atoms with E-state index in [4.69, 9.17) is 4.74 Å². The number of carbonyl (C=O) groups excluding carboxylic acids is 1. The first kappa shape index (κ1) is 16.6. The number of nitrogens with zero attached hydrogens (tertiary/aromatic N) is 3. The van der Waals surface area contributed by atoms with Crippen LogP contribution in [0.4, 0.5) is 4.79 Å². The van der Waals surface area contributed by atoms with Crippen LogP contribution in [-0.4, -0.2) is 39.2 Å². The van der Waals surface area contributed by atoms with Gasteiger partial charge in [-0.1, -0.05) is 0 Å². The molecular weight excluding hydrogens is 381 g/mol. The van der Waals surface area contributed by atoms with Crippen molar-refractivity contribution in [2.24, 2.45) is 13.0 Å². The van der Waals surface area contributed by atoms with Gasteiger partial charge in [0, 0.05) is 26.3 Å². The molecule has 0 aromatic carbocycles. The van der Waals surface area contributed by atoms with Crippen LogP contribution in [0.1, 0.15) is 39.3 Å². The predicted octanol–water partition coefficient (Wildman–Crippen LogP) is 3.21. The zero-order valence-electron chi connectivity index (χ0n) is 13.2. The maximum Gasteiger partial charge on any atom is 0.410 e. The molecule has 0 bridgehead atoms. The van der Waals surface area contributed by atoms with E-state index in [0.717, 1.165) is 41.9 Å². The fourth-order valence-corrected chi connectivity index (χ4v) is 2.99. The molecule has 2 rings (SSSR count). The second kappa shape index (κ2) is 6.54. The fraction of sp³-hybridized carbons (Fsp3) is 0.733. The second-order valence-corrected chi connectivity index (χ2v) is 7.69. The van der Waals surface area contributed by atoms with Crippen LogP contribution < -0.4 is 0 Å². The summed E-state index contributed by atoms with van der Waals surface area (Å²) in [4.78, 5) is 18.4. The average molecular weight is 405 g/mol. The van der Waals surface area contributed by atoms with E-state index in [0.29, 0.717) is 5.92 Å². The molecule has 118 valence electrons. The summed E-state index contributed by atoms with van der Waals surface area (Å²) in [6.45, 7) is 7.27. The Morgan fingerprint density at radius 2 is 2.05 bits per heavy atom. The Bertz CT molecular complexity index is 480. The van der Waals surface area contributed by atoms with Gasteiger partial charge in [-0.25, -0.2) is 9.78 Å². The SMILES string of the molecule is Cn1cc(CC2CCN(C(=O)OC(C)(C)C)CC2)nc1I. The van der Waals surface area contributed by atoms with Crippen molar-refractivity contribution in [2.45, 2.75) is 45.6 Å². The molecule has 1 amide bonds. The van der Waals surface area contributed by atoms with Crippen molar-refractivity contribution in [3.63, 3.8) is 0 Å². The van der Waals surface area contributed by atoms with Crippen molar-refractivity contribution in [1.29, 1.82) is 0 Å². The number of carbonyl (C=O) groups is 1. The molecule has 1 aliphatic heterocycles. The van der Waals surface area contributed by atoms with E-state index in [2.05, 4.69) is 33.8 Å². The number of aryl methyl sites for hydroxylation is 1. The van der Waals surface area contributed by atoms with E-state index < -0.39 is 5.60 Å². The van der Waals surface area contributed by atoms with Crippen LogP contribution >= 0.6 is 22.6 Å². The zero-order chi connectivity index (χ0) is 15.6. The number of rotatable bonds is 2. The first-order valence-electron chi connectivity index (χ1n) is 7.40. The highest BCUT2D eigenvalue weighted by molar-refractivity contribution is 14.1. The predicted molar refractivity (Wildman–Crippen MR) is 90.2 cm³/mol. The number of amides is 1. The summed E-state index contributed by atoms with van der Waals surface area (Å²) in [5.74, 6) is 0.606. The molecule has 0 atom stereocenters. The van der Waals surface area contributed by atoms with Gasteiger partial charge >= 0.3 is 6.09 Å². The quantitative estimate of drug-likeness (QED) is 0.710. The van der Waals surface area contributed by atoms with E-state index in [1.54, 1.807) is 0 Å². The van der Waals surface area contributed by atoms with Gasteiger partial charge in [0.05, 0.1) is 5.69 Å². The van der Waals surface area contributed by atoms with Crippen LogP contribution in [0.5, 0.6) is 0 Å². The van der Waals surface area contributed by atoms with Crippen LogP contribution in [0.3, 0.4) is 0 Å². The molecule has 0 aliphatic carbocycles. The third-order valence-corrected chi connectivity index (χ3v) is 4.64. The lowest BCUT2D eigenvalue weighted by Gasteiger charge is -2.33. The Morgan fingerprint density at radius 1 is 1.43 bits per heavy atom. The summed E-state index contributed by atoms with van der Waals surface area (Å²) in [6, 6.07) is 0. The number of aromatic nitrogens is 2. The third kappa shape index (κ3) is 4.86. The molecule has 5 nitrogen and oxygen atoms in total. The molecule has 1 aromatic rings. The van der Waals surface area contributed by atoms with Crippen LogP contribution in [-0.2, 0) is 18.2 Å². The van der Waals surface area contributed by atoms with E-state index >= 15 is 0 Å². The molecule has 0 N–H and O–H groups in total. The number of hydrogen-bond acceptors (Lipinski definition) is 3. The van der Waals surface area contributed by atoms with E-state index in [1.807, 2.05) is 37.3 Å². The minimum atomic E-state index is -0.418. The first-order chi connectivity index (χ1) is 9.74. The summed E-state index contributed by atoms with van der Waals surface area (Å²) in [5, 5.41) is 0. The van der Waals surface area contributed by atoms with Gasteiger partial charge in [0.15, 0.2) is 3.83 Å². The molecule has 21 heavy (non-hydrogen) atoms. The highest BCUT2D eigenvalue weighted by Gasteiger charge is 2.27. The van der Waals surface area contributed by atoms with E-state index in [1.165, 1.54) is 0 Å². The number of likely N-dealkylation sites (tertiary alicyclic amines) is 1. The zero-order valence-corrected chi connectivity index (χ0v) is 15.4. The standard InChI is InChI=1S/C15H24IN3O2/c1-15(2,3)21-14(20)19-7-5-11(6-8-19)9-12-10-18(4)13(16)17-12/h10-11H,5-9H2,1-4H3. The van der Waals surface area contributed by atoms with Crippen molar-refractivity contribution in [1.82, 2.24) is 14.5 Å². The van der Waals surface area contributed by atoms with Gasteiger partial charge in [-0.05, 0) is 68.5 Å². The number of halogens is 1. The van der Waals surface area contributed by atoms with Gasteiger partial charge in [0.1, 0.15) is 5.60 Å². The lowest BCUT2D eigenvalue weighted by Crippen LogP contribution is -2.42. The van der Waals surface area contributed by atoms with Gasteiger partial charge in [-0.2, -0.15) is 0 Å². The monoisotopic (exact) mass is 405 g/mol. The van der Waals surface area contributed by atoms with Gasteiger partial charge in [-0.15, -0.1) is 0 Å². The molecule has 6 heteroatoms. The minimum absolute atomic E-state index is 0.187. The summed E-state index contributed by atoms with van der Waals surface area (Å²) in [7, 11) is 2.02. The lowest BCUT2D eigenvalue weighted by molar-refractivity contribution is 0.0184. The fourth-order valence-electron chi connectivity index (χ4n) is 2.54. The van der Waals surface area contributed by atoms with Crippen molar-refractivity contribution < 1.29 is 9.53 Å². The lowest BCUT2D eigenvalue weighted by atomic mass is 9.92. The molecule has 0 saturated carbocycles. The van der Waals surface area contributed by atoms with Crippen LogP contribution in [0.2, 0.25) is 0 Å². The normalized spacial score (nSPS) is 17.1. The summed E-state index contributed by atoms with van der Waals surface area (Å²) in [6.07, 6.45) is 4.95. The van der Waals surface area contributed by atoms with E-state index in [9.17, 15) is 4.79 Å². The average Bonchev–Trinajstić information content (AvgIpc) is 2.67. The Morgan fingerprint density at radius 3 is 2.52 bits per heavy atom. The molecule has 0 unspecified atom stereocenters. The summed E-state index contributed by atoms with van der Waals surface area (Å²) in [5.41, 5.74) is 0.732. The van der Waals surface area contributed by atoms with Crippen LogP contribution in [0.25, 0.3) is 0 Å². The topological polar surface area (TPSA) is 47.4 Å². The van der Waals surface area contributed by atoms with Gasteiger partial charge < -0.3 is 14.2 Å².